The van der Waals surface area contributed by atoms with Gasteiger partial charge in [0.2, 0.25) is 11.7 Å². The Morgan fingerprint density at radius 3 is 2.67 bits per heavy atom. The van der Waals surface area contributed by atoms with Crippen molar-refractivity contribution < 1.29 is 9.32 Å². The number of rotatable bonds is 6. The summed E-state index contributed by atoms with van der Waals surface area (Å²) in [5.74, 6) is 1.80. The molecule has 2 aromatic rings. The summed E-state index contributed by atoms with van der Waals surface area (Å²) in [5.41, 5.74) is 6.18. The number of hydrogen-bond acceptors (Lipinski definition) is 5. The summed E-state index contributed by atoms with van der Waals surface area (Å²) in [6.07, 6.45) is 2.21. The number of aliphatic imine (C=N–C) groups is 1. The highest BCUT2D eigenvalue weighted by atomic mass is 127. The summed E-state index contributed by atoms with van der Waals surface area (Å²) in [6.45, 7) is 4.60. The Bertz CT molecular complexity index is 836. The second-order valence-corrected chi connectivity index (χ2v) is 7.21. The Balaban J connectivity index is 0.00000320. The molecule has 1 aromatic heterocycles. The van der Waals surface area contributed by atoms with Gasteiger partial charge in [0.1, 0.15) is 0 Å². The zero-order valence-corrected chi connectivity index (χ0v) is 19.9. The number of likely N-dealkylation sites (tertiary alicyclic amines) is 1. The lowest BCUT2D eigenvalue weighted by atomic mass is 10.1. The Kier molecular flexibility index (Phi) is 9.63. The van der Waals surface area contributed by atoms with Gasteiger partial charge in [0, 0.05) is 42.7 Å². The van der Waals surface area contributed by atoms with E-state index in [-0.39, 0.29) is 36.0 Å². The third kappa shape index (κ3) is 7.01. The predicted molar refractivity (Wildman–Crippen MR) is 127 cm³/mol. The van der Waals surface area contributed by atoms with Crippen LogP contribution in [-0.4, -0.2) is 59.3 Å². The van der Waals surface area contributed by atoms with Gasteiger partial charge >= 0.3 is 6.03 Å². The van der Waals surface area contributed by atoms with E-state index in [0.29, 0.717) is 42.8 Å². The van der Waals surface area contributed by atoms with E-state index in [9.17, 15) is 4.79 Å². The third-order valence-electron chi connectivity index (χ3n) is 4.66. The highest BCUT2D eigenvalue weighted by molar-refractivity contribution is 14.0. The van der Waals surface area contributed by atoms with E-state index < -0.39 is 0 Å². The van der Waals surface area contributed by atoms with Crippen LogP contribution in [0, 0.1) is 0 Å². The van der Waals surface area contributed by atoms with Crippen LogP contribution in [0.15, 0.2) is 33.8 Å². The van der Waals surface area contributed by atoms with Crippen molar-refractivity contribution in [2.75, 3.05) is 26.2 Å². The van der Waals surface area contributed by atoms with Gasteiger partial charge < -0.3 is 25.8 Å². The van der Waals surface area contributed by atoms with Gasteiger partial charge in [-0.25, -0.2) is 4.79 Å². The molecule has 0 atom stereocenters. The molecule has 9 nitrogen and oxygen atoms in total. The molecule has 0 radical (unpaired) electrons. The third-order valence-corrected chi connectivity index (χ3v) is 4.91. The van der Waals surface area contributed by atoms with Crippen molar-refractivity contribution in [2.45, 2.75) is 32.2 Å². The second kappa shape index (κ2) is 11.9. The number of aromatic nitrogens is 2. The monoisotopic (exact) mass is 547 g/mol. The number of nitrogens with two attached hydrogens (primary N) is 1. The minimum atomic E-state index is -0.360. The van der Waals surface area contributed by atoms with Crippen LogP contribution in [0.25, 0.3) is 11.4 Å². The normalized spacial score (nSPS) is 14.9. The van der Waals surface area contributed by atoms with Crippen LogP contribution in [0.4, 0.5) is 4.79 Å². The van der Waals surface area contributed by atoms with Crippen molar-refractivity contribution >= 4 is 47.6 Å². The molecule has 0 saturated carbocycles. The summed E-state index contributed by atoms with van der Waals surface area (Å²) in [4.78, 5) is 21.9. The van der Waals surface area contributed by atoms with Crippen molar-refractivity contribution in [1.29, 1.82) is 0 Å². The first-order valence-corrected chi connectivity index (χ1v) is 10.1. The zero-order chi connectivity index (χ0) is 20.6. The highest BCUT2D eigenvalue weighted by Crippen LogP contribution is 2.18. The van der Waals surface area contributed by atoms with E-state index in [1.807, 2.05) is 19.1 Å². The fraction of sp³-hybridized carbons (Fsp3) is 0.474. The number of piperidine rings is 1. The Morgan fingerprint density at radius 1 is 1.33 bits per heavy atom. The largest absolute Gasteiger partial charge is 0.357 e. The van der Waals surface area contributed by atoms with E-state index in [1.54, 1.807) is 17.0 Å². The standard InChI is InChI=1S/C19H26ClN7O2.HI/c1-2-22-19(24-15-8-11-27(12-9-15)18(21)28)23-10-7-16-25-17(26-29-16)13-3-5-14(20)6-4-13;/h3-6,15H,2,7-12H2,1H3,(H2,21,28)(H2,22,23,24);1H. The lowest BCUT2D eigenvalue weighted by molar-refractivity contribution is 0.188. The molecule has 1 saturated heterocycles. The van der Waals surface area contributed by atoms with E-state index >= 15 is 0 Å². The maximum absolute atomic E-state index is 11.2. The number of urea groups is 1. The number of carbonyl (C=O) groups excluding carboxylic acids is 1. The average Bonchev–Trinajstić information content (AvgIpc) is 3.18. The molecular formula is C19H27ClIN7O2. The van der Waals surface area contributed by atoms with Crippen LogP contribution < -0.4 is 16.4 Å². The fourth-order valence-electron chi connectivity index (χ4n) is 3.09. The molecule has 2 amide bonds. The molecular weight excluding hydrogens is 521 g/mol. The minimum absolute atomic E-state index is 0. The average molecular weight is 548 g/mol. The quantitative estimate of drug-likeness (QED) is 0.290. The predicted octanol–water partition coefficient (Wildman–Crippen LogP) is 2.65. The van der Waals surface area contributed by atoms with Gasteiger partial charge in [-0.3, -0.25) is 4.99 Å². The van der Waals surface area contributed by atoms with Gasteiger partial charge in [-0.1, -0.05) is 16.8 Å². The SMILES string of the molecule is CCNC(=NCCc1nc(-c2ccc(Cl)cc2)no1)NC1CCN(C(N)=O)CC1.I. The molecule has 164 valence electrons. The molecule has 1 fully saturated rings. The first-order valence-electron chi connectivity index (χ1n) is 9.73. The molecule has 11 heteroatoms. The molecule has 2 heterocycles. The highest BCUT2D eigenvalue weighted by Gasteiger charge is 2.21. The van der Waals surface area contributed by atoms with Crippen LogP contribution in [0.2, 0.25) is 5.02 Å². The summed E-state index contributed by atoms with van der Waals surface area (Å²) < 4.78 is 5.32. The smallest absolute Gasteiger partial charge is 0.314 e. The number of nitrogens with one attached hydrogen (secondary N) is 2. The molecule has 0 bridgehead atoms. The van der Waals surface area contributed by atoms with Gasteiger partial charge in [0.05, 0.1) is 6.54 Å². The van der Waals surface area contributed by atoms with Crippen LogP contribution in [-0.2, 0) is 6.42 Å². The lowest BCUT2D eigenvalue weighted by Gasteiger charge is -2.32. The molecule has 1 aliphatic rings. The van der Waals surface area contributed by atoms with Crippen molar-refractivity contribution in [3.63, 3.8) is 0 Å². The lowest BCUT2D eigenvalue weighted by Crippen LogP contribution is -2.50. The summed E-state index contributed by atoms with van der Waals surface area (Å²) in [5, 5.41) is 11.3. The van der Waals surface area contributed by atoms with Crippen molar-refractivity contribution in [3.05, 3.63) is 35.2 Å². The Morgan fingerprint density at radius 2 is 2.03 bits per heavy atom. The summed E-state index contributed by atoms with van der Waals surface area (Å²) in [6, 6.07) is 7.18. The molecule has 0 spiro atoms. The van der Waals surface area contributed by atoms with Gasteiger partial charge in [-0.2, -0.15) is 4.98 Å². The molecule has 0 unspecified atom stereocenters. The van der Waals surface area contributed by atoms with E-state index in [0.717, 1.165) is 30.9 Å². The minimum Gasteiger partial charge on any atom is -0.357 e. The fourth-order valence-corrected chi connectivity index (χ4v) is 3.22. The van der Waals surface area contributed by atoms with Crippen molar-refractivity contribution in [2.24, 2.45) is 10.7 Å². The number of benzene rings is 1. The number of primary amides is 1. The number of halogens is 2. The van der Waals surface area contributed by atoms with Crippen LogP contribution in [0.5, 0.6) is 0 Å². The number of nitrogens with zero attached hydrogens (tertiary/aromatic N) is 4. The van der Waals surface area contributed by atoms with Crippen molar-refractivity contribution in [3.8, 4) is 11.4 Å². The molecule has 0 aliphatic carbocycles. The van der Waals surface area contributed by atoms with Gasteiger partial charge in [0.25, 0.3) is 0 Å². The van der Waals surface area contributed by atoms with Crippen LogP contribution in [0.1, 0.15) is 25.7 Å². The number of amides is 2. The van der Waals surface area contributed by atoms with E-state index in [2.05, 4.69) is 25.8 Å². The zero-order valence-electron chi connectivity index (χ0n) is 16.8. The topological polar surface area (TPSA) is 122 Å². The molecule has 1 aliphatic heterocycles. The molecule has 4 N–H and O–H groups in total. The van der Waals surface area contributed by atoms with Crippen LogP contribution in [0.3, 0.4) is 0 Å². The molecule has 30 heavy (non-hydrogen) atoms. The Labute approximate surface area is 197 Å². The number of hydrogen-bond donors (Lipinski definition) is 3. The maximum atomic E-state index is 11.2. The van der Waals surface area contributed by atoms with Gasteiger partial charge in [-0.15, -0.1) is 24.0 Å². The first kappa shape index (κ1) is 24.2. The Hall–Kier alpha value is -2.08. The summed E-state index contributed by atoms with van der Waals surface area (Å²) in [7, 11) is 0. The van der Waals surface area contributed by atoms with Crippen LogP contribution >= 0.6 is 35.6 Å². The van der Waals surface area contributed by atoms with E-state index in [4.69, 9.17) is 21.9 Å². The van der Waals surface area contributed by atoms with Crippen molar-refractivity contribution in [1.82, 2.24) is 25.7 Å². The summed E-state index contributed by atoms with van der Waals surface area (Å²) >= 11 is 5.91. The number of guanidine groups is 1. The van der Waals surface area contributed by atoms with Gasteiger partial charge in [0.15, 0.2) is 5.96 Å². The number of carbonyl (C=O) groups is 1. The maximum Gasteiger partial charge on any atom is 0.314 e. The second-order valence-electron chi connectivity index (χ2n) is 6.77. The molecule has 3 rings (SSSR count). The first-order chi connectivity index (χ1) is 14.0. The molecule has 1 aromatic carbocycles. The van der Waals surface area contributed by atoms with E-state index in [1.165, 1.54) is 0 Å². The van der Waals surface area contributed by atoms with Gasteiger partial charge in [-0.05, 0) is 44.0 Å².